The number of hydrogen-bond acceptors (Lipinski definition) is 4. The lowest BCUT2D eigenvalue weighted by Gasteiger charge is -2.29. The minimum Gasteiger partial charge on any atom is -0.394 e. The first kappa shape index (κ1) is 15.3. The van der Waals surface area contributed by atoms with Crippen molar-refractivity contribution >= 4 is 5.69 Å². The number of aliphatic hydroxyl groups excluding tert-OH is 1. The Balaban J connectivity index is 1.78. The molecule has 1 aliphatic rings. The molecular formula is C16H26N2O2. The van der Waals surface area contributed by atoms with Gasteiger partial charge in [-0.3, -0.25) is 4.90 Å². The van der Waals surface area contributed by atoms with Crippen molar-refractivity contribution in [1.29, 1.82) is 0 Å². The van der Waals surface area contributed by atoms with Crippen LogP contribution in [0, 0.1) is 0 Å². The molecule has 4 nitrogen and oxygen atoms in total. The first-order valence-corrected chi connectivity index (χ1v) is 7.50. The van der Waals surface area contributed by atoms with E-state index in [1.807, 2.05) is 0 Å². The third kappa shape index (κ3) is 4.47. The van der Waals surface area contributed by atoms with Gasteiger partial charge in [-0.2, -0.15) is 0 Å². The van der Waals surface area contributed by atoms with Gasteiger partial charge in [-0.1, -0.05) is 18.2 Å². The number of nitrogens with zero attached hydrogens (tertiary/aromatic N) is 2. The van der Waals surface area contributed by atoms with Crippen LogP contribution in [0.25, 0.3) is 0 Å². The Morgan fingerprint density at radius 1 is 1.30 bits per heavy atom. The summed E-state index contributed by atoms with van der Waals surface area (Å²) in [5.41, 5.74) is 1.27. The van der Waals surface area contributed by atoms with E-state index in [0.29, 0.717) is 19.3 Å². The molecule has 0 amide bonds. The molecule has 0 spiro atoms. The van der Waals surface area contributed by atoms with E-state index >= 15 is 0 Å². The van der Waals surface area contributed by atoms with Crippen LogP contribution in [-0.2, 0) is 4.74 Å². The topological polar surface area (TPSA) is 35.9 Å². The Morgan fingerprint density at radius 3 is 2.85 bits per heavy atom. The molecule has 1 aliphatic heterocycles. The highest BCUT2D eigenvalue weighted by molar-refractivity contribution is 5.45. The first-order chi connectivity index (χ1) is 9.81. The van der Waals surface area contributed by atoms with Gasteiger partial charge in [0.15, 0.2) is 0 Å². The lowest BCUT2D eigenvalue weighted by Crippen LogP contribution is -2.40. The number of benzene rings is 1. The van der Waals surface area contributed by atoms with Crippen LogP contribution in [0.4, 0.5) is 5.69 Å². The number of aliphatic hydroxyl groups is 1. The van der Waals surface area contributed by atoms with Gasteiger partial charge in [0.05, 0.1) is 19.8 Å². The van der Waals surface area contributed by atoms with Gasteiger partial charge in [0.2, 0.25) is 0 Å². The molecule has 0 bridgehead atoms. The van der Waals surface area contributed by atoms with Crippen LogP contribution in [0.15, 0.2) is 30.3 Å². The van der Waals surface area contributed by atoms with Gasteiger partial charge in [-0.15, -0.1) is 0 Å². The highest BCUT2D eigenvalue weighted by atomic mass is 16.5. The molecule has 1 saturated heterocycles. The number of hydrogen-bond donors (Lipinski definition) is 1. The van der Waals surface area contributed by atoms with Crippen molar-refractivity contribution in [1.82, 2.24) is 4.90 Å². The molecule has 4 heteroatoms. The zero-order valence-corrected chi connectivity index (χ0v) is 12.4. The molecule has 1 atom stereocenters. The zero-order valence-electron chi connectivity index (χ0n) is 12.4. The third-order valence-corrected chi connectivity index (χ3v) is 3.94. The highest BCUT2D eigenvalue weighted by Crippen LogP contribution is 2.20. The first-order valence-electron chi connectivity index (χ1n) is 7.50. The summed E-state index contributed by atoms with van der Waals surface area (Å²) < 4.78 is 5.38. The number of ether oxygens (including phenoxy) is 1. The van der Waals surface area contributed by atoms with Crippen molar-refractivity contribution in [3.8, 4) is 0 Å². The van der Waals surface area contributed by atoms with Crippen molar-refractivity contribution in [3.63, 3.8) is 0 Å². The van der Waals surface area contributed by atoms with Gasteiger partial charge in [0, 0.05) is 31.9 Å². The van der Waals surface area contributed by atoms with Gasteiger partial charge in [-0.25, -0.2) is 0 Å². The predicted molar refractivity (Wildman–Crippen MR) is 82.2 cm³/mol. The highest BCUT2D eigenvalue weighted by Gasteiger charge is 2.25. The lowest BCUT2D eigenvalue weighted by atomic mass is 10.2. The maximum absolute atomic E-state index is 8.71. The molecule has 0 aliphatic carbocycles. The normalized spacial score (nSPS) is 19.4. The summed E-state index contributed by atoms with van der Waals surface area (Å²) in [6, 6.07) is 11.1. The van der Waals surface area contributed by atoms with E-state index in [1.165, 1.54) is 18.5 Å². The molecule has 0 aromatic heterocycles. The molecule has 1 heterocycles. The van der Waals surface area contributed by atoms with Gasteiger partial charge >= 0.3 is 0 Å². The number of para-hydroxylation sites is 1. The summed E-state index contributed by atoms with van der Waals surface area (Å²) in [5.74, 6) is 0. The number of anilines is 1. The monoisotopic (exact) mass is 278 g/mol. The molecular weight excluding hydrogens is 252 g/mol. The van der Waals surface area contributed by atoms with Crippen LogP contribution >= 0.6 is 0 Å². The van der Waals surface area contributed by atoms with Crippen LogP contribution in [0.1, 0.15) is 12.8 Å². The standard InChI is InChI=1S/C16H26N2O2/c1-17(15-6-3-2-4-7-15)14-16-8-5-9-18(16)10-12-20-13-11-19/h2-4,6-7,16,19H,5,8-14H2,1H3/t16-/m0/s1. The second kappa shape index (κ2) is 8.25. The quantitative estimate of drug-likeness (QED) is 0.733. The Kier molecular flexibility index (Phi) is 6.30. The third-order valence-electron chi connectivity index (χ3n) is 3.94. The van der Waals surface area contributed by atoms with Crippen LogP contribution in [0.5, 0.6) is 0 Å². The van der Waals surface area contributed by atoms with Crippen LogP contribution in [0.2, 0.25) is 0 Å². The van der Waals surface area contributed by atoms with E-state index in [4.69, 9.17) is 9.84 Å². The van der Waals surface area contributed by atoms with Gasteiger partial charge in [0.25, 0.3) is 0 Å². The number of likely N-dealkylation sites (N-methyl/N-ethyl adjacent to an activating group) is 1. The van der Waals surface area contributed by atoms with Gasteiger partial charge in [-0.05, 0) is 31.5 Å². The number of rotatable bonds is 8. The SMILES string of the molecule is CN(C[C@@H]1CCCN1CCOCCO)c1ccccc1. The summed E-state index contributed by atoms with van der Waals surface area (Å²) in [6.07, 6.45) is 2.53. The number of likely N-dealkylation sites (tertiary alicyclic amines) is 1. The fraction of sp³-hybridized carbons (Fsp3) is 0.625. The molecule has 1 N–H and O–H groups in total. The second-order valence-corrected chi connectivity index (χ2v) is 5.38. The van der Waals surface area contributed by atoms with E-state index in [9.17, 15) is 0 Å². The average Bonchev–Trinajstić information content (AvgIpc) is 2.92. The van der Waals surface area contributed by atoms with Crippen molar-refractivity contribution in [2.45, 2.75) is 18.9 Å². The van der Waals surface area contributed by atoms with Crippen molar-refractivity contribution in [2.24, 2.45) is 0 Å². The molecule has 1 fully saturated rings. The van der Waals surface area contributed by atoms with Crippen LogP contribution < -0.4 is 4.90 Å². The fourth-order valence-corrected chi connectivity index (χ4v) is 2.85. The molecule has 1 aromatic rings. The van der Waals surface area contributed by atoms with E-state index in [0.717, 1.165) is 19.6 Å². The Morgan fingerprint density at radius 2 is 2.10 bits per heavy atom. The Labute approximate surface area is 122 Å². The van der Waals surface area contributed by atoms with Crippen molar-refractivity contribution in [3.05, 3.63) is 30.3 Å². The molecule has 0 saturated carbocycles. The van der Waals surface area contributed by atoms with Crippen molar-refractivity contribution < 1.29 is 9.84 Å². The smallest absolute Gasteiger partial charge is 0.0698 e. The summed E-state index contributed by atoms with van der Waals surface area (Å²) in [7, 11) is 2.16. The lowest BCUT2D eigenvalue weighted by molar-refractivity contribution is 0.0716. The summed E-state index contributed by atoms with van der Waals surface area (Å²) in [5, 5.41) is 8.71. The van der Waals surface area contributed by atoms with E-state index < -0.39 is 0 Å². The maximum atomic E-state index is 8.71. The fourth-order valence-electron chi connectivity index (χ4n) is 2.85. The summed E-state index contributed by atoms with van der Waals surface area (Å²) in [6.45, 7) is 4.46. The second-order valence-electron chi connectivity index (χ2n) is 5.38. The van der Waals surface area contributed by atoms with E-state index in [-0.39, 0.29) is 6.61 Å². The molecule has 112 valence electrons. The molecule has 0 radical (unpaired) electrons. The minimum atomic E-state index is 0.111. The average molecular weight is 278 g/mol. The van der Waals surface area contributed by atoms with Crippen LogP contribution in [-0.4, -0.2) is 62.6 Å². The minimum absolute atomic E-state index is 0.111. The molecule has 1 aromatic carbocycles. The Hall–Kier alpha value is -1.10. The molecule has 20 heavy (non-hydrogen) atoms. The van der Waals surface area contributed by atoms with Gasteiger partial charge < -0.3 is 14.7 Å². The summed E-state index contributed by atoms with van der Waals surface area (Å²) >= 11 is 0. The zero-order chi connectivity index (χ0) is 14.2. The molecule has 0 unspecified atom stereocenters. The predicted octanol–water partition coefficient (Wildman–Crippen LogP) is 1.60. The van der Waals surface area contributed by atoms with E-state index in [2.05, 4.69) is 47.2 Å². The summed E-state index contributed by atoms with van der Waals surface area (Å²) in [4.78, 5) is 4.84. The van der Waals surface area contributed by atoms with E-state index in [1.54, 1.807) is 0 Å². The van der Waals surface area contributed by atoms with Gasteiger partial charge in [0.1, 0.15) is 0 Å². The largest absolute Gasteiger partial charge is 0.394 e. The molecule has 2 rings (SSSR count). The van der Waals surface area contributed by atoms with Crippen LogP contribution in [0.3, 0.4) is 0 Å². The van der Waals surface area contributed by atoms with Crippen molar-refractivity contribution in [2.75, 3.05) is 51.4 Å². The Bertz CT molecular complexity index is 372. The maximum Gasteiger partial charge on any atom is 0.0698 e.